The molecule has 0 amide bonds. The first-order valence-corrected chi connectivity index (χ1v) is 9.54. The van der Waals surface area contributed by atoms with Crippen LogP contribution in [0.1, 0.15) is 30.0 Å². The standard InChI is InChI=1S/C22H31N3O3/c1-5-12-28-20-13-16(2)6-8-18(20)15-25-22(23)24-11-10-17-7-9-19(26-3)21(14-17)27-4/h6-9,13-14H,5,10-12,15H2,1-4H3,(H3,23,24,25). The number of hydrogen-bond acceptors (Lipinski definition) is 4. The van der Waals surface area contributed by atoms with Crippen molar-refractivity contribution in [3.8, 4) is 17.2 Å². The summed E-state index contributed by atoms with van der Waals surface area (Å²) in [7, 11) is 3.26. The molecule has 6 nitrogen and oxygen atoms in total. The number of nitrogens with one attached hydrogen (secondary N) is 1. The Hall–Kier alpha value is -2.89. The maximum Gasteiger partial charge on any atom is 0.188 e. The highest BCUT2D eigenvalue weighted by atomic mass is 16.5. The Morgan fingerprint density at radius 1 is 1.04 bits per heavy atom. The molecule has 28 heavy (non-hydrogen) atoms. The second kappa shape index (κ2) is 11.1. The Balaban J connectivity index is 1.90. The van der Waals surface area contributed by atoms with Gasteiger partial charge in [0.05, 0.1) is 27.4 Å². The summed E-state index contributed by atoms with van der Waals surface area (Å²) in [6.45, 7) is 6.00. The van der Waals surface area contributed by atoms with E-state index in [-0.39, 0.29) is 0 Å². The third-order valence-electron chi connectivity index (χ3n) is 4.27. The lowest BCUT2D eigenvalue weighted by atomic mass is 10.1. The van der Waals surface area contributed by atoms with Gasteiger partial charge in [-0.05, 0) is 49.1 Å². The lowest BCUT2D eigenvalue weighted by Crippen LogP contribution is -2.33. The number of nitrogens with zero attached hydrogens (tertiary/aromatic N) is 1. The first-order chi connectivity index (χ1) is 13.6. The highest BCUT2D eigenvalue weighted by molar-refractivity contribution is 5.77. The van der Waals surface area contributed by atoms with E-state index in [9.17, 15) is 0 Å². The Morgan fingerprint density at radius 3 is 2.54 bits per heavy atom. The van der Waals surface area contributed by atoms with E-state index in [2.05, 4.69) is 30.2 Å². The van der Waals surface area contributed by atoms with Gasteiger partial charge in [-0.2, -0.15) is 0 Å². The van der Waals surface area contributed by atoms with Crippen molar-refractivity contribution in [2.24, 2.45) is 10.7 Å². The minimum Gasteiger partial charge on any atom is -0.493 e. The van der Waals surface area contributed by atoms with E-state index < -0.39 is 0 Å². The second-order valence-electron chi connectivity index (χ2n) is 6.53. The van der Waals surface area contributed by atoms with Gasteiger partial charge in [0.25, 0.3) is 0 Å². The molecule has 0 saturated carbocycles. The minimum atomic E-state index is 0.419. The van der Waals surface area contributed by atoms with Crippen molar-refractivity contribution in [1.82, 2.24) is 5.32 Å². The molecule has 0 aliphatic carbocycles. The van der Waals surface area contributed by atoms with Crippen LogP contribution in [0.4, 0.5) is 0 Å². The van der Waals surface area contributed by atoms with Gasteiger partial charge in [0, 0.05) is 12.1 Å². The van der Waals surface area contributed by atoms with Gasteiger partial charge in [0.1, 0.15) is 5.75 Å². The van der Waals surface area contributed by atoms with Crippen molar-refractivity contribution in [3.63, 3.8) is 0 Å². The molecule has 0 aliphatic heterocycles. The third kappa shape index (κ3) is 6.37. The summed E-state index contributed by atoms with van der Waals surface area (Å²) in [6, 6.07) is 12.0. The number of aliphatic imine (C=N–C) groups is 1. The summed E-state index contributed by atoms with van der Waals surface area (Å²) in [5.41, 5.74) is 9.35. The first-order valence-electron chi connectivity index (χ1n) is 9.54. The molecule has 0 aromatic heterocycles. The van der Waals surface area contributed by atoms with Crippen LogP contribution in [0.25, 0.3) is 0 Å². The molecule has 2 aromatic carbocycles. The van der Waals surface area contributed by atoms with Crippen LogP contribution in [0.5, 0.6) is 17.2 Å². The zero-order valence-electron chi connectivity index (χ0n) is 17.2. The number of rotatable bonds is 10. The summed E-state index contributed by atoms with van der Waals surface area (Å²) < 4.78 is 16.4. The van der Waals surface area contributed by atoms with E-state index in [0.717, 1.165) is 41.2 Å². The maximum atomic E-state index is 6.02. The van der Waals surface area contributed by atoms with Crippen LogP contribution in [0.15, 0.2) is 41.4 Å². The van der Waals surface area contributed by atoms with E-state index in [4.69, 9.17) is 19.9 Å². The van der Waals surface area contributed by atoms with E-state index >= 15 is 0 Å². The Bertz CT molecular complexity index is 791. The molecular formula is C22H31N3O3. The van der Waals surface area contributed by atoms with Crippen LogP contribution >= 0.6 is 0 Å². The van der Waals surface area contributed by atoms with E-state index in [1.165, 1.54) is 5.56 Å². The first kappa shape index (κ1) is 21.4. The largest absolute Gasteiger partial charge is 0.493 e. The molecule has 0 fully saturated rings. The topological polar surface area (TPSA) is 78.1 Å². The van der Waals surface area contributed by atoms with Crippen LogP contribution in [0, 0.1) is 6.92 Å². The van der Waals surface area contributed by atoms with E-state index in [0.29, 0.717) is 25.7 Å². The summed E-state index contributed by atoms with van der Waals surface area (Å²) in [5.74, 6) is 2.74. The normalized spacial score (nSPS) is 11.2. The highest BCUT2D eigenvalue weighted by Crippen LogP contribution is 2.27. The van der Waals surface area contributed by atoms with Crippen molar-refractivity contribution in [2.45, 2.75) is 33.2 Å². The summed E-state index contributed by atoms with van der Waals surface area (Å²) in [5, 5.41) is 3.16. The average Bonchev–Trinajstić information content (AvgIpc) is 2.71. The number of nitrogens with two attached hydrogens (primary N) is 1. The van der Waals surface area contributed by atoms with Crippen LogP contribution < -0.4 is 25.3 Å². The molecule has 0 bridgehead atoms. The SMILES string of the molecule is CCCOc1cc(C)ccc1CN=C(N)NCCc1ccc(OC)c(OC)c1. The molecule has 0 aliphatic rings. The zero-order valence-corrected chi connectivity index (χ0v) is 17.2. The van der Waals surface area contributed by atoms with Crippen molar-refractivity contribution >= 4 is 5.96 Å². The number of guanidine groups is 1. The predicted octanol–water partition coefficient (Wildman–Crippen LogP) is 3.45. The summed E-state index contributed by atoms with van der Waals surface area (Å²) in [6.07, 6.45) is 1.77. The van der Waals surface area contributed by atoms with E-state index in [1.807, 2.05) is 30.3 Å². The fourth-order valence-electron chi connectivity index (χ4n) is 2.74. The molecule has 0 spiro atoms. The van der Waals surface area contributed by atoms with Crippen molar-refractivity contribution in [2.75, 3.05) is 27.4 Å². The minimum absolute atomic E-state index is 0.419. The van der Waals surface area contributed by atoms with E-state index in [1.54, 1.807) is 14.2 Å². The molecule has 152 valence electrons. The van der Waals surface area contributed by atoms with Gasteiger partial charge in [-0.1, -0.05) is 25.1 Å². The Kier molecular flexibility index (Phi) is 8.46. The molecule has 0 unspecified atom stereocenters. The monoisotopic (exact) mass is 385 g/mol. The molecular weight excluding hydrogens is 354 g/mol. The number of benzene rings is 2. The number of aryl methyl sites for hydroxylation is 1. The third-order valence-corrected chi connectivity index (χ3v) is 4.27. The van der Waals surface area contributed by atoms with Crippen LogP contribution in [-0.2, 0) is 13.0 Å². The number of methoxy groups -OCH3 is 2. The lowest BCUT2D eigenvalue weighted by molar-refractivity contribution is 0.314. The van der Waals surface area contributed by atoms with Crippen molar-refractivity contribution in [3.05, 3.63) is 53.1 Å². The van der Waals surface area contributed by atoms with Crippen molar-refractivity contribution < 1.29 is 14.2 Å². The molecule has 0 atom stereocenters. The molecule has 6 heteroatoms. The molecule has 0 heterocycles. The average molecular weight is 386 g/mol. The van der Waals surface area contributed by atoms with Gasteiger partial charge in [0.15, 0.2) is 17.5 Å². The molecule has 3 N–H and O–H groups in total. The number of ether oxygens (including phenoxy) is 3. The van der Waals surface area contributed by atoms with Gasteiger partial charge in [0.2, 0.25) is 0 Å². The van der Waals surface area contributed by atoms with Gasteiger partial charge in [-0.25, -0.2) is 4.99 Å². The summed E-state index contributed by atoms with van der Waals surface area (Å²) in [4.78, 5) is 4.44. The smallest absolute Gasteiger partial charge is 0.188 e. The molecule has 2 rings (SSSR count). The van der Waals surface area contributed by atoms with Gasteiger partial charge < -0.3 is 25.3 Å². The lowest BCUT2D eigenvalue weighted by Gasteiger charge is -2.12. The Morgan fingerprint density at radius 2 is 1.82 bits per heavy atom. The van der Waals surface area contributed by atoms with Gasteiger partial charge in [-0.15, -0.1) is 0 Å². The van der Waals surface area contributed by atoms with Crippen LogP contribution in [0.3, 0.4) is 0 Å². The highest BCUT2D eigenvalue weighted by Gasteiger charge is 2.06. The zero-order chi connectivity index (χ0) is 20.4. The molecule has 0 radical (unpaired) electrons. The van der Waals surface area contributed by atoms with Crippen molar-refractivity contribution in [1.29, 1.82) is 0 Å². The van der Waals surface area contributed by atoms with Crippen LogP contribution in [0.2, 0.25) is 0 Å². The predicted molar refractivity (Wildman–Crippen MR) is 114 cm³/mol. The quantitative estimate of drug-likeness (QED) is 0.484. The number of hydrogen-bond donors (Lipinski definition) is 2. The Labute approximate surface area is 167 Å². The maximum absolute atomic E-state index is 6.02. The van der Waals surface area contributed by atoms with Gasteiger partial charge >= 0.3 is 0 Å². The molecule has 2 aromatic rings. The van der Waals surface area contributed by atoms with Gasteiger partial charge in [-0.3, -0.25) is 0 Å². The fourth-order valence-corrected chi connectivity index (χ4v) is 2.74. The molecule has 0 saturated heterocycles. The summed E-state index contributed by atoms with van der Waals surface area (Å²) >= 11 is 0. The van der Waals surface area contributed by atoms with Crippen LogP contribution in [-0.4, -0.2) is 33.3 Å². The second-order valence-corrected chi connectivity index (χ2v) is 6.53. The fraction of sp³-hybridized carbons (Fsp3) is 0.409.